The van der Waals surface area contributed by atoms with E-state index in [-0.39, 0.29) is 13.1 Å². The van der Waals surface area contributed by atoms with Crippen molar-refractivity contribution in [3.8, 4) is 0 Å². The van der Waals surface area contributed by atoms with Crippen LogP contribution in [0.2, 0.25) is 0 Å². The second-order valence-corrected chi connectivity index (χ2v) is 5.00. The molecule has 0 aliphatic carbocycles. The van der Waals surface area contributed by atoms with Crippen molar-refractivity contribution in [2.45, 2.75) is 32.4 Å². The van der Waals surface area contributed by atoms with Crippen molar-refractivity contribution in [2.24, 2.45) is 0 Å². The fourth-order valence-corrected chi connectivity index (χ4v) is 1.49. The van der Waals surface area contributed by atoms with E-state index in [9.17, 15) is 14.4 Å². The molecule has 0 aromatic carbocycles. The summed E-state index contributed by atoms with van der Waals surface area (Å²) < 4.78 is 9.68. The molecule has 0 spiro atoms. The molecule has 1 aliphatic heterocycles. The fraction of sp³-hybridized carbons (Fsp3) is 0.727. The Labute approximate surface area is 105 Å². The topological polar surface area (TPSA) is 84.9 Å². The molecule has 0 saturated carbocycles. The molecule has 0 radical (unpaired) electrons. The molecule has 2 amide bonds. The van der Waals surface area contributed by atoms with Crippen LogP contribution in [0, 0.1) is 0 Å². The second-order valence-electron chi connectivity index (χ2n) is 5.00. The monoisotopic (exact) mass is 258 g/mol. The van der Waals surface area contributed by atoms with Crippen molar-refractivity contribution in [2.75, 3.05) is 20.2 Å². The molecule has 0 aromatic heterocycles. The summed E-state index contributed by atoms with van der Waals surface area (Å²) in [6.45, 7) is 5.11. The number of hydrogen-bond acceptors (Lipinski definition) is 5. The molecule has 7 nitrogen and oxygen atoms in total. The maximum absolute atomic E-state index is 11.8. The third-order valence-corrected chi connectivity index (χ3v) is 2.21. The number of amides is 2. The van der Waals surface area contributed by atoms with Gasteiger partial charge in [-0.25, -0.2) is 9.59 Å². The first kappa shape index (κ1) is 14.3. The minimum Gasteiger partial charge on any atom is -0.467 e. The summed E-state index contributed by atoms with van der Waals surface area (Å²) >= 11 is 0. The lowest BCUT2D eigenvalue weighted by molar-refractivity contribution is -0.147. The van der Waals surface area contributed by atoms with Crippen molar-refractivity contribution in [3.05, 3.63) is 0 Å². The van der Waals surface area contributed by atoms with Crippen LogP contribution >= 0.6 is 0 Å². The number of nitrogens with one attached hydrogen (secondary N) is 1. The van der Waals surface area contributed by atoms with Crippen LogP contribution in [-0.2, 0) is 19.1 Å². The highest BCUT2D eigenvalue weighted by Gasteiger charge is 2.34. The molecule has 1 rings (SSSR count). The Morgan fingerprint density at radius 1 is 1.39 bits per heavy atom. The molecule has 102 valence electrons. The normalized spacial score (nSPS) is 20.1. The molecular weight excluding hydrogens is 240 g/mol. The summed E-state index contributed by atoms with van der Waals surface area (Å²) in [5, 5.41) is 2.45. The third-order valence-electron chi connectivity index (χ3n) is 2.21. The maximum Gasteiger partial charge on any atom is 0.410 e. The maximum atomic E-state index is 11.8. The van der Waals surface area contributed by atoms with Gasteiger partial charge in [-0.2, -0.15) is 0 Å². The summed E-state index contributed by atoms with van der Waals surface area (Å²) in [6, 6.07) is -0.844. The molecule has 18 heavy (non-hydrogen) atoms. The Morgan fingerprint density at radius 2 is 2.00 bits per heavy atom. The first-order valence-electron chi connectivity index (χ1n) is 5.58. The number of methoxy groups -OCH3 is 1. The quantitative estimate of drug-likeness (QED) is 0.664. The van der Waals surface area contributed by atoms with Crippen molar-refractivity contribution in [3.63, 3.8) is 0 Å². The average molecular weight is 258 g/mol. The van der Waals surface area contributed by atoms with Gasteiger partial charge in [0.05, 0.1) is 13.7 Å². The highest BCUT2D eigenvalue weighted by atomic mass is 16.6. The predicted molar refractivity (Wildman–Crippen MR) is 61.8 cm³/mol. The molecule has 1 N–H and O–H groups in total. The van der Waals surface area contributed by atoms with E-state index < -0.39 is 29.6 Å². The molecular formula is C11H18N2O5. The first-order valence-corrected chi connectivity index (χ1v) is 5.58. The molecule has 1 atom stereocenters. The van der Waals surface area contributed by atoms with Crippen LogP contribution in [-0.4, -0.2) is 54.7 Å². The summed E-state index contributed by atoms with van der Waals surface area (Å²) in [6.07, 6.45) is -0.619. The zero-order valence-corrected chi connectivity index (χ0v) is 11.0. The molecule has 0 bridgehead atoms. The van der Waals surface area contributed by atoms with E-state index >= 15 is 0 Å². The van der Waals surface area contributed by atoms with Crippen LogP contribution in [0.3, 0.4) is 0 Å². The van der Waals surface area contributed by atoms with Crippen LogP contribution < -0.4 is 5.32 Å². The van der Waals surface area contributed by atoms with Crippen LogP contribution in [0.4, 0.5) is 4.79 Å². The zero-order valence-electron chi connectivity index (χ0n) is 11.0. The van der Waals surface area contributed by atoms with Gasteiger partial charge in [0.1, 0.15) is 18.2 Å². The SMILES string of the molecule is COC(=O)[C@@H]1CN(C(=O)OC(C)(C)C)CC(=O)N1. The average Bonchev–Trinajstić information content (AvgIpc) is 2.24. The molecule has 0 aromatic rings. The van der Waals surface area contributed by atoms with E-state index in [1.807, 2.05) is 0 Å². The second kappa shape index (κ2) is 5.24. The standard InChI is InChI=1S/C11H18N2O5/c1-11(2,3)18-10(16)13-5-7(9(15)17-4)12-8(14)6-13/h7H,5-6H2,1-4H3,(H,12,14)/t7-/m0/s1. The number of rotatable bonds is 1. The summed E-state index contributed by atoms with van der Waals surface area (Å²) in [5.74, 6) is -1.00. The Bertz CT molecular complexity index is 361. The van der Waals surface area contributed by atoms with Gasteiger partial charge in [-0.1, -0.05) is 0 Å². The van der Waals surface area contributed by atoms with Crippen molar-refractivity contribution in [1.82, 2.24) is 10.2 Å². The molecule has 1 heterocycles. The van der Waals surface area contributed by atoms with Crippen LogP contribution in [0.5, 0.6) is 0 Å². The van der Waals surface area contributed by atoms with Gasteiger partial charge in [0, 0.05) is 0 Å². The lowest BCUT2D eigenvalue weighted by Crippen LogP contribution is -2.59. The number of carbonyl (C=O) groups excluding carboxylic acids is 3. The highest BCUT2D eigenvalue weighted by molar-refractivity contribution is 5.89. The molecule has 0 unspecified atom stereocenters. The van der Waals surface area contributed by atoms with Crippen molar-refractivity contribution < 1.29 is 23.9 Å². The molecule has 1 fully saturated rings. The van der Waals surface area contributed by atoms with E-state index in [1.165, 1.54) is 12.0 Å². The Kier molecular flexibility index (Phi) is 4.15. The highest BCUT2D eigenvalue weighted by Crippen LogP contribution is 2.12. The zero-order chi connectivity index (χ0) is 13.9. The van der Waals surface area contributed by atoms with E-state index in [1.54, 1.807) is 20.8 Å². The third kappa shape index (κ3) is 3.90. The van der Waals surface area contributed by atoms with Gasteiger partial charge in [0.15, 0.2) is 0 Å². The Hall–Kier alpha value is -1.79. The summed E-state index contributed by atoms with van der Waals surface area (Å²) in [5.41, 5.74) is -0.647. The number of nitrogens with zero attached hydrogens (tertiary/aromatic N) is 1. The number of carbonyl (C=O) groups is 3. The van der Waals surface area contributed by atoms with E-state index in [0.717, 1.165) is 0 Å². The van der Waals surface area contributed by atoms with Crippen molar-refractivity contribution in [1.29, 1.82) is 0 Å². The number of piperazine rings is 1. The fourth-order valence-electron chi connectivity index (χ4n) is 1.49. The number of esters is 1. The van der Waals surface area contributed by atoms with Gasteiger partial charge in [-0.3, -0.25) is 9.69 Å². The lowest BCUT2D eigenvalue weighted by Gasteiger charge is -2.32. The minimum atomic E-state index is -0.844. The Balaban J connectivity index is 2.69. The van der Waals surface area contributed by atoms with Crippen LogP contribution in [0.15, 0.2) is 0 Å². The Morgan fingerprint density at radius 3 is 2.50 bits per heavy atom. The van der Waals surface area contributed by atoms with Gasteiger partial charge in [0.25, 0.3) is 0 Å². The smallest absolute Gasteiger partial charge is 0.410 e. The van der Waals surface area contributed by atoms with E-state index in [0.29, 0.717) is 0 Å². The molecule has 1 saturated heterocycles. The van der Waals surface area contributed by atoms with Gasteiger partial charge in [-0.15, -0.1) is 0 Å². The molecule has 1 aliphatic rings. The van der Waals surface area contributed by atoms with E-state index in [4.69, 9.17) is 4.74 Å². The van der Waals surface area contributed by atoms with Gasteiger partial charge in [-0.05, 0) is 20.8 Å². The van der Waals surface area contributed by atoms with Gasteiger partial charge < -0.3 is 14.8 Å². The van der Waals surface area contributed by atoms with Gasteiger partial charge >= 0.3 is 12.1 Å². The number of hydrogen-bond donors (Lipinski definition) is 1. The summed E-state index contributed by atoms with van der Waals surface area (Å²) in [7, 11) is 1.22. The van der Waals surface area contributed by atoms with Crippen LogP contribution in [0.1, 0.15) is 20.8 Å². The first-order chi connectivity index (χ1) is 8.23. The minimum absolute atomic E-state index is 0.0489. The van der Waals surface area contributed by atoms with Gasteiger partial charge in [0.2, 0.25) is 5.91 Å². The van der Waals surface area contributed by atoms with Crippen LogP contribution in [0.25, 0.3) is 0 Å². The lowest BCUT2D eigenvalue weighted by atomic mass is 10.2. The van der Waals surface area contributed by atoms with E-state index in [2.05, 4.69) is 10.1 Å². The summed E-state index contributed by atoms with van der Waals surface area (Å²) in [4.78, 5) is 35.7. The molecule has 7 heteroatoms. The number of ether oxygens (including phenoxy) is 2. The predicted octanol–water partition coefficient (Wildman–Crippen LogP) is -0.105. The largest absolute Gasteiger partial charge is 0.467 e. The van der Waals surface area contributed by atoms with Crippen molar-refractivity contribution >= 4 is 18.0 Å².